The van der Waals surface area contributed by atoms with Crippen LogP contribution in [0.5, 0.6) is 0 Å². The van der Waals surface area contributed by atoms with Gasteiger partial charge in [-0.25, -0.2) is 18.2 Å². The lowest BCUT2D eigenvalue weighted by molar-refractivity contribution is -0.0925. The van der Waals surface area contributed by atoms with Gasteiger partial charge in [0.25, 0.3) is 5.91 Å². The minimum absolute atomic E-state index is 0.0649. The number of aromatic nitrogens is 4. The molecule has 0 spiro atoms. The molecule has 6 rings (SSSR count). The van der Waals surface area contributed by atoms with E-state index in [9.17, 15) is 18.0 Å². The zero-order valence-corrected chi connectivity index (χ0v) is 20.0. The van der Waals surface area contributed by atoms with E-state index in [0.29, 0.717) is 11.3 Å². The van der Waals surface area contributed by atoms with Gasteiger partial charge in [-0.2, -0.15) is 4.98 Å². The highest BCUT2D eigenvalue weighted by Crippen LogP contribution is 2.48. The molecule has 1 amide bonds. The standard InChI is InChI=1S/C25H24F3N7O2/c1-14-18(26)8-15(22-32-24(37-33-22)16-10-25(27,28)11-16)9-19(14)31-23(36)20-12-30-21-3-2-17(13-35(20)21)34-6-4-29-5-7-34/h2-3,8-9,12-13,16,29H,4-7,10-11H2,1H3,(H,31,36). The van der Waals surface area contributed by atoms with E-state index in [2.05, 4.69) is 30.7 Å². The molecule has 2 aliphatic rings. The van der Waals surface area contributed by atoms with Crippen molar-refractivity contribution in [1.82, 2.24) is 24.8 Å². The molecule has 2 N–H and O–H groups in total. The molecule has 0 unspecified atom stereocenters. The topological polar surface area (TPSA) is 101 Å². The maximum atomic E-state index is 14.8. The fourth-order valence-corrected chi connectivity index (χ4v) is 4.73. The summed E-state index contributed by atoms with van der Waals surface area (Å²) < 4.78 is 48.1. The third-order valence-electron chi connectivity index (χ3n) is 6.94. The zero-order chi connectivity index (χ0) is 25.7. The molecular formula is C25H24F3N7O2. The fourth-order valence-electron chi connectivity index (χ4n) is 4.73. The number of hydrogen-bond acceptors (Lipinski definition) is 7. The number of piperazine rings is 1. The number of anilines is 2. The predicted molar refractivity (Wildman–Crippen MR) is 130 cm³/mol. The van der Waals surface area contributed by atoms with E-state index >= 15 is 0 Å². The van der Waals surface area contributed by atoms with Crippen molar-refractivity contribution in [3.8, 4) is 11.4 Å². The number of nitrogens with one attached hydrogen (secondary N) is 2. The summed E-state index contributed by atoms with van der Waals surface area (Å²) in [5, 5.41) is 9.92. The van der Waals surface area contributed by atoms with Crippen LogP contribution in [0.2, 0.25) is 0 Å². The van der Waals surface area contributed by atoms with Crippen LogP contribution in [0.3, 0.4) is 0 Å². The van der Waals surface area contributed by atoms with Crippen molar-refractivity contribution >= 4 is 22.9 Å². The summed E-state index contributed by atoms with van der Waals surface area (Å²) in [4.78, 5) is 24.0. The summed E-state index contributed by atoms with van der Waals surface area (Å²) in [5.74, 6) is -4.12. The molecule has 0 atom stereocenters. The SMILES string of the molecule is Cc1c(F)cc(-c2noc(C3CC(F)(F)C3)n2)cc1NC(=O)c1cnc2ccc(N3CCNCC3)cn12. The molecule has 192 valence electrons. The van der Waals surface area contributed by atoms with Crippen molar-refractivity contribution in [2.24, 2.45) is 0 Å². The van der Waals surface area contributed by atoms with Gasteiger partial charge >= 0.3 is 0 Å². The molecule has 1 aliphatic heterocycles. The van der Waals surface area contributed by atoms with Gasteiger partial charge < -0.3 is 20.1 Å². The number of rotatable bonds is 5. The number of halogens is 3. The monoisotopic (exact) mass is 511 g/mol. The molecule has 2 fully saturated rings. The number of fused-ring (bicyclic) bond motifs is 1. The second-order valence-corrected chi connectivity index (χ2v) is 9.50. The Morgan fingerprint density at radius 3 is 2.76 bits per heavy atom. The van der Waals surface area contributed by atoms with Crippen LogP contribution in [0, 0.1) is 12.7 Å². The molecule has 1 saturated heterocycles. The highest BCUT2D eigenvalue weighted by atomic mass is 19.3. The summed E-state index contributed by atoms with van der Waals surface area (Å²) >= 11 is 0. The van der Waals surface area contributed by atoms with Crippen LogP contribution < -0.4 is 15.5 Å². The lowest BCUT2D eigenvalue weighted by Crippen LogP contribution is -2.43. The van der Waals surface area contributed by atoms with E-state index in [1.54, 1.807) is 11.3 Å². The van der Waals surface area contributed by atoms with E-state index in [4.69, 9.17) is 4.52 Å². The molecule has 3 aromatic heterocycles. The average Bonchev–Trinajstić information content (AvgIpc) is 3.53. The molecule has 4 heterocycles. The molecule has 12 heteroatoms. The molecule has 37 heavy (non-hydrogen) atoms. The van der Waals surface area contributed by atoms with Crippen LogP contribution >= 0.6 is 0 Å². The van der Waals surface area contributed by atoms with Gasteiger partial charge in [-0.3, -0.25) is 9.20 Å². The maximum Gasteiger partial charge on any atom is 0.274 e. The van der Waals surface area contributed by atoms with E-state index in [1.165, 1.54) is 18.3 Å². The summed E-state index contributed by atoms with van der Waals surface area (Å²) in [6.45, 7) is 5.02. The largest absolute Gasteiger partial charge is 0.368 e. The average molecular weight is 512 g/mol. The maximum absolute atomic E-state index is 14.8. The van der Waals surface area contributed by atoms with E-state index < -0.39 is 23.6 Å². The number of benzene rings is 1. The summed E-state index contributed by atoms with van der Waals surface area (Å²) in [5.41, 5.74) is 2.61. The number of nitrogens with zero attached hydrogens (tertiary/aromatic N) is 5. The highest BCUT2D eigenvalue weighted by molar-refractivity contribution is 6.04. The summed E-state index contributed by atoms with van der Waals surface area (Å²) in [7, 11) is 0. The van der Waals surface area contributed by atoms with Crippen molar-refractivity contribution in [2.45, 2.75) is 31.6 Å². The number of carbonyl (C=O) groups is 1. The van der Waals surface area contributed by atoms with Gasteiger partial charge in [-0.1, -0.05) is 5.16 Å². The first kappa shape index (κ1) is 23.5. The molecule has 9 nitrogen and oxygen atoms in total. The Bertz CT molecular complexity index is 1480. The number of imidazole rings is 1. The van der Waals surface area contributed by atoms with E-state index in [1.807, 2.05) is 18.3 Å². The molecular weight excluding hydrogens is 487 g/mol. The third kappa shape index (κ3) is 4.41. The Morgan fingerprint density at radius 2 is 2.00 bits per heavy atom. The van der Waals surface area contributed by atoms with Crippen LogP contribution in [-0.4, -0.2) is 57.5 Å². The molecule has 4 aromatic rings. The molecule has 1 saturated carbocycles. The number of amides is 1. The van der Waals surface area contributed by atoms with Gasteiger partial charge in [0.15, 0.2) is 0 Å². The Labute approximate surface area is 209 Å². The Kier molecular flexibility index (Phi) is 5.63. The minimum atomic E-state index is -2.73. The van der Waals surface area contributed by atoms with Gasteiger partial charge in [0, 0.05) is 67.9 Å². The first-order chi connectivity index (χ1) is 17.8. The number of carbonyl (C=O) groups excluding carboxylic acids is 1. The van der Waals surface area contributed by atoms with Crippen LogP contribution in [-0.2, 0) is 0 Å². The van der Waals surface area contributed by atoms with Crippen LogP contribution in [0.4, 0.5) is 24.5 Å². The molecule has 1 aliphatic carbocycles. The Morgan fingerprint density at radius 1 is 1.22 bits per heavy atom. The van der Waals surface area contributed by atoms with Crippen LogP contribution in [0.15, 0.2) is 41.2 Å². The summed E-state index contributed by atoms with van der Waals surface area (Å²) in [6.07, 6.45) is 2.64. The second kappa shape index (κ2) is 8.87. The quantitative estimate of drug-likeness (QED) is 0.418. The van der Waals surface area contributed by atoms with Crippen LogP contribution in [0.1, 0.15) is 40.7 Å². The van der Waals surface area contributed by atoms with Gasteiger partial charge in [0.2, 0.25) is 17.6 Å². The van der Waals surface area contributed by atoms with Crippen molar-refractivity contribution in [3.63, 3.8) is 0 Å². The number of pyridine rings is 1. The second-order valence-electron chi connectivity index (χ2n) is 9.50. The van der Waals surface area contributed by atoms with E-state index in [0.717, 1.165) is 31.9 Å². The van der Waals surface area contributed by atoms with Crippen LogP contribution in [0.25, 0.3) is 17.0 Å². The Hall–Kier alpha value is -3.93. The van der Waals surface area contributed by atoms with Gasteiger partial charge in [-0.05, 0) is 31.2 Å². The lowest BCUT2D eigenvalue weighted by Gasteiger charge is -2.31. The smallest absolute Gasteiger partial charge is 0.274 e. The number of alkyl halides is 2. The summed E-state index contributed by atoms with van der Waals surface area (Å²) in [6, 6.07) is 6.59. The first-order valence-electron chi connectivity index (χ1n) is 12.0. The van der Waals surface area contributed by atoms with Gasteiger partial charge in [0.1, 0.15) is 17.2 Å². The van der Waals surface area contributed by atoms with Gasteiger partial charge in [0.05, 0.1) is 11.9 Å². The van der Waals surface area contributed by atoms with E-state index in [-0.39, 0.29) is 41.4 Å². The molecule has 0 bridgehead atoms. The predicted octanol–water partition coefficient (Wildman–Crippen LogP) is 4.01. The number of hydrogen-bond donors (Lipinski definition) is 2. The van der Waals surface area contributed by atoms with Crippen molar-refractivity contribution in [3.05, 3.63) is 59.6 Å². The van der Waals surface area contributed by atoms with Crippen molar-refractivity contribution in [1.29, 1.82) is 0 Å². The van der Waals surface area contributed by atoms with Crippen molar-refractivity contribution in [2.75, 3.05) is 36.4 Å². The fraction of sp³-hybridized carbons (Fsp3) is 0.360. The molecule has 0 radical (unpaired) electrons. The highest BCUT2D eigenvalue weighted by Gasteiger charge is 2.48. The Balaban J connectivity index is 1.26. The lowest BCUT2D eigenvalue weighted by atomic mass is 9.81. The molecule has 1 aromatic carbocycles. The van der Waals surface area contributed by atoms with Gasteiger partial charge in [-0.15, -0.1) is 0 Å². The first-order valence-corrected chi connectivity index (χ1v) is 12.0. The van der Waals surface area contributed by atoms with Crippen molar-refractivity contribution < 1.29 is 22.5 Å². The normalized spacial score (nSPS) is 17.7. The zero-order valence-electron chi connectivity index (χ0n) is 20.0. The third-order valence-corrected chi connectivity index (χ3v) is 6.94. The minimum Gasteiger partial charge on any atom is -0.368 e.